The highest BCUT2D eigenvalue weighted by molar-refractivity contribution is 5.77. The normalized spacial score (nSPS) is 44.0. The summed E-state index contributed by atoms with van der Waals surface area (Å²) >= 11 is 0. The minimum absolute atomic E-state index is 0.0218. The molecule has 6 rings (SSSR count). The molecule has 0 radical (unpaired) electrons. The van der Waals surface area contributed by atoms with Crippen molar-refractivity contribution in [2.75, 3.05) is 0 Å². The Morgan fingerprint density at radius 3 is 2.14 bits per heavy atom. The van der Waals surface area contributed by atoms with Crippen LogP contribution in [0.4, 0.5) is 0 Å². The van der Waals surface area contributed by atoms with Crippen LogP contribution in [0.25, 0.3) is 0 Å². The number of hydrogen-bond donors (Lipinski definition) is 3. The van der Waals surface area contributed by atoms with Gasteiger partial charge in [-0.2, -0.15) is 0 Å². The van der Waals surface area contributed by atoms with Crippen LogP contribution >= 0.6 is 0 Å². The van der Waals surface area contributed by atoms with Crippen molar-refractivity contribution in [3.05, 3.63) is 47.1 Å². The number of rotatable bonds is 1. The highest BCUT2D eigenvalue weighted by Gasteiger charge is 2.71. The van der Waals surface area contributed by atoms with Gasteiger partial charge < -0.3 is 15.3 Å². The van der Waals surface area contributed by atoms with Gasteiger partial charge in [-0.25, -0.2) is 0 Å². The van der Waals surface area contributed by atoms with Crippen molar-refractivity contribution in [3.63, 3.8) is 0 Å². The third kappa shape index (κ3) is 6.51. The van der Waals surface area contributed by atoms with E-state index >= 15 is 0 Å². The molecule has 0 aromatic carbocycles. The first-order chi connectivity index (χ1) is 22.6. The molecule has 0 amide bonds. The van der Waals surface area contributed by atoms with E-state index in [0.717, 1.165) is 57.8 Å². The molecule has 4 fully saturated rings. The summed E-state index contributed by atoms with van der Waals surface area (Å²) in [6, 6.07) is 0. The van der Waals surface area contributed by atoms with Crippen molar-refractivity contribution in [1.82, 2.24) is 0 Å². The minimum atomic E-state index is -1.04. The molecule has 3 N–H and O–H groups in total. The SMILES string of the molecule is CC1(C)CCC2(C(=O)O)C(O)CC3(C)C(=CCC4C5(C)CCC(O)C(C)(C)C5CCC43C)C2C1.CC1=CCCC(C)=CCC(C)(C)C=CC1. The van der Waals surface area contributed by atoms with E-state index in [1.165, 1.54) is 29.6 Å². The quantitative estimate of drug-likeness (QED) is 0.242. The van der Waals surface area contributed by atoms with E-state index in [1.807, 2.05) is 0 Å². The van der Waals surface area contributed by atoms with Gasteiger partial charge in [-0.15, -0.1) is 0 Å². The van der Waals surface area contributed by atoms with E-state index in [2.05, 4.69) is 107 Å². The zero-order chi connectivity index (χ0) is 36.4. The summed E-state index contributed by atoms with van der Waals surface area (Å²) < 4.78 is 0. The largest absolute Gasteiger partial charge is 0.481 e. The summed E-state index contributed by atoms with van der Waals surface area (Å²) in [7, 11) is 0. The first kappa shape index (κ1) is 38.6. The third-order valence-electron chi connectivity index (χ3n) is 16.1. The molecule has 4 nitrogen and oxygen atoms in total. The highest BCUT2D eigenvalue weighted by atomic mass is 16.4. The summed E-state index contributed by atoms with van der Waals surface area (Å²) in [4.78, 5) is 12.8. The maximum absolute atomic E-state index is 12.8. The fourth-order valence-electron chi connectivity index (χ4n) is 12.5. The molecule has 6 aliphatic carbocycles. The Kier molecular flexibility index (Phi) is 10.3. The van der Waals surface area contributed by atoms with Crippen molar-refractivity contribution >= 4 is 5.97 Å². The maximum Gasteiger partial charge on any atom is 0.312 e. The number of carboxylic acid groups (broad SMARTS) is 1. The van der Waals surface area contributed by atoms with Crippen LogP contribution in [0.5, 0.6) is 0 Å². The van der Waals surface area contributed by atoms with Gasteiger partial charge >= 0.3 is 5.97 Å². The van der Waals surface area contributed by atoms with Gasteiger partial charge in [0.25, 0.3) is 0 Å². The number of hydrogen-bond acceptors (Lipinski definition) is 3. The third-order valence-corrected chi connectivity index (χ3v) is 16.1. The van der Waals surface area contributed by atoms with Crippen molar-refractivity contribution in [3.8, 4) is 0 Å². The molecular formula is C45H72O4. The molecular weight excluding hydrogens is 604 g/mol. The van der Waals surface area contributed by atoms with Crippen LogP contribution in [0.3, 0.4) is 0 Å². The maximum atomic E-state index is 12.8. The second kappa shape index (κ2) is 13.1. The van der Waals surface area contributed by atoms with Crippen LogP contribution in [0.2, 0.25) is 0 Å². The molecule has 9 unspecified atom stereocenters. The second-order valence-corrected chi connectivity index (χ2v) is 20.6. The number of aliphatic hydroxyl groups is 2. The summed E-state index contributed by atoms with van der Waals surface area (Å²) in [6.45, 7) is 25.5. The molecule has 4 heteroatoms. The lowest BCUT2D eigenvalue weighted by Crippen LogP contribution is -2.67. The summed E-state index contributed by atoms with van der Waals surface area (Å²) in [5.74, 6) is 0.0888. The van der Waals surface area contributed by atoms with E-state index < -0.39 is 17.5 Å². The number of aliphatic carboxylic acids is 1. The molecule has 0 bridgehead atoms. The van der Waals surface area contributed by atoms with Gasteiger partial charge in [-0.3, -0.25) is 4.79 Å². The van der Waals surface area contributed by atoms with Gasteiger partial charge in [0.05, 0.1) is 12.2 Å². The lowest BCUT2D eigenvalue weighted by Gasteiger charge is -2.71. The van der Waals surface area contributed by atoms with Gasteiger partial charge in [-0.05, 0) is 148 Å². The van der Waals surface area contributed by atoms with E-state index in [4.69, 9.17) is 0 Å². The zero-order valence-corrected chi connectivity index (χ0v) is 33.2. The Hall–Kier alpha value is -1.65. The summed E-state index contributed by atoms with van der Waals surface area (Å²) in [6.07, 6.45) is 23.5. The fraction of sp³-hybridized carbons (Fsp3) is 0.800. The molecule has 0 aromatic heterocycles. The number of aliphatic hydroxyl groups excluding tert-OH is 2. The molecule has 0 heterocycles. The smallest absolute Gasteiger partial charge is 0.312 e. The van der Waals surface area contributed by atoms with Crippen molar-refractivity contribution in [1.29, 1.82) is 0 Å². The minimum Gasteiger partial charge on any atom is -0.481 e. The highest BCUT2D eigenvalue weighted by Crippen LogP contribution is 2.75. The first-order valence-corrected chi connectivity index (χ1v) is 19.8. The predicted octanol–water partition coefficient (Wildman–Crippen LogP) is 11.2. The standard InChI is InChI=1S/C30H48O4.C15H24/c1-25(2)14-15-30(24(33)34)19(16-25)18-8-9-21-27(5)12-11-22(31)26(3,4)20(27)10-13-28(21,6)29(18,7)17-23(30)32;1-13-7-5-8-14(2)10-12-15(3,4)11-6-9-13/h8,19-23,31-32H,9-17H2,1-7H3,(H,33,34);6-7,10-11H,5,8-9,12H2,1-4H3. The Morgan fingerprint density at radius 1 is 0.776 bits per heavy atom. The molecule has 0 saturated heterocycles. The summed E-state index contributed by atoms with van der Waals surface area (Å²) in [5, 5.41) is 33.1. The van der Waals surface area contributed by atoms with E-state index in [1.54, 1.807) is 0 Å². The second-order valence-electron chi connectivity index (χ2n) is 20.6. The van der Waals surface area contributed by atoms with Crippen LogP contribution in [-0.2, 0) is 4.79 Å². The van der Waals surface area contributed by atoms with Gasteiger partial charge in [0.2, 0.25) is 0 Å². The van der Waals surface area contributed by atoms with Gasteiger partial charge in [0.1, 0.15) is 5.41 Å². The number of carboxylic acids is 1. The Labute approximate surface area is 300 Å². The zero-order valence-electron chi connectivity index (χ0n) is 33.2. The lowest BCUT2D eigenvalue weighted by molar-refractivity contribution is -0.218. The lowest BCUT2D eigenvalue weighted by atomic mass is 9.33. The monoisotopic (exact) mass is 677 g/mol. The number of fused-ring (bicyclic) bond motifs is 7. The Balaban J connectivity index is 0.000000263. The molecule has 0 aliphatic heterocycles. The molecule has 6 aliphatic rings. The molecule has 276 valence electrons. The van der Waals surface area contributed by atoms with Gasteiger partial charge in [-0.1, -0.05) is 109 Å². The van der Waals surface area contributed by atoms with Crippen molar-refractivity contribution < 1.29 is 20.1 Å². The van der Waals surface area contributed by atoms with Crippen LogP contribution in [-0.4, -0.2) is 33.5 Å². The summed E-state index contributed by atoms with van der Waals surface area (Å²) in [5.41, 5.74) is 3.63. The van der Waals surface area contributed by atoms with E-state index in [-0.39, 0.29) is 39.1 Å². The number of allylic oxidation sites excluding steroid dienone is 8. The van der Waals surface area contributed by atoms with Gasteiger partial charge in [0, 0.05) is 0 Å². The molecule has 9 atom stereocenters. The molecule has 0 spiro atoms. The molecule has 0 aromatic rings. The molecule has 4 saturated carbocycles. The van der Waals surface area contributed by atoms with Crippen LogP contribution in [0.15, 0.2) is 47.1 Å². The van der Waals surface area contributed by atoms with E-state index in [0.29, 0.717) is 30.1 Å². The van der Waals surface area contributed by atoms with E-state index in [9.17, 15) is 20.1 Å². The average Bonchev–Trinajstić information content (AvgIpc) is 3.00. The van der Waals surface area contributed by atoms with Gasteiger partial charge in [0.15, 0.2) is 0 Å². The van der Waals surface area contributed by atoms with Crippen molar-refractivity contribution in [2.24, 2.45) is 55.7 Å². The van der Waals surface area contributed by atoms with Crippen molar-refractivity contribution in [2.45, 2.75) is 172 Å². The average molecular weight is 677 g/mol. The molecule has 49 heavy (non-hydrogen) atoms. The topological polar surface area (TPSA) is 77.8 Å². The first-order valence-electron chi connectivity index (χ1n) is 19.8. The van der Waals surface area contributed by atoms with Crippen LogP contribution in [0, 0.1) is 55.7 Å². The van der Waals surface area contributed by atoms with Crippen LogP contribution < -0.4 is 0 Å². The fourth-order valence-corrected chi connectivity index (χ4v) is 12.5. The Bertz CT molecular complexity index is 1390. The van der Waals surface area contributed by atoms with Crippen LogP contribution in [0.1, 0.15) is 160 Å². The number of carbonyl (C=O) groups is 1. The Morgan fingerprint density at radius 2 is 1.47 bits per heavy atom. The predicted molar refractivity (Wildman–Crippen MR) is 203 cm³/mol.